The first-order valence-electron chi connectivity index (χ1n) is 5.50. The van der Waals surface area contributed by atoms with Gasteiger partial charge in [0.05, 0.1) is 12.0 Å². The molecule has 0 aromatic heterocycles. The molecule has 3 heteroatoms. The minimum atomic E-state index is -0.241. The summed E-state index contributed by atoms with van der Waals surface area (Å²) in [4.78, 5) is 4.69. The predicted molar refractivity (Wildman–Crippen MR) is 66.7 cm³/mol. The lowest BCUT2D eigenvalue weighted by molar-refractivity contribution is 0.404. The predicted octanol–water partition coefficient (Wildman–Crippen LogP) is 3.98. The third-order valence-electron chi connectivity index (χ3n) is 2.96. The fourth-order valence-electron chi connectivity index (χ4n) is 2.07. The molecule has 0 atom stereocenters. The number of methoxy groups -OCH3 is 1. The van der Waals surface area contributed by atoms with Gasteiger partial charge in [0.15, 0.2) is 0 Å². The fraction of sp³-hybridized carbons (Fsp3) is 0.462. The van der Waals surface area contributed by atoms with Crippen molar-refractivity contribution in [3.8, 4) is 5.75 Å². The van der Waals surface area contributed by atoms with Crippen molar-refractivity contribution < 1.29 is 4.74 Å². The van der Waals surface area contributed by atoms with E-state index in [0.717, 1.165) is 23.5 Å². The minimum absolute atomic E-state index is 0.241. The second-order valence-corrected chi connectivity index (χ2v) is 5.42. The van der Waals surface area contributed by atoms with Gasteiger partial charge in [0.2, 0.25) is 0 Å². The standard InChI is InChI=1S/C13H15NOS/c1-14-13(9-5-6-10-13)16-12-8-4-3-7-11(12)15-2/h3-4,7-8H,5-6,9-10H2,2H3. The lowest BCUT2D eigenvalue weighted by Gasteiger charge is -2.16. The Kier molecular flexibility index (Phi) is 3.40. The SMILES string of the molecule is [C-]#[N+]C1(Sc2ccccc2OC)CCCC1. The summed E-state index contributed by atoms with van der Waals surface area (Å²) < 4.78 is 5.32. The van der Waals surface area contributed by atoms with E-state index in [0.29, 0.717) is 0 Å². The molecule has 0 spiro atoms. The van der Waals surface area contributed by atoms with Crippen molar-refractivity contribution in [1.29, 1.82) is 0 Å². The van der Waals surface area contributed by atoms with E-state index in [-0.39, 0.29) is 4.87 Å². The van der Waals surface area contributed by atoms with E-state index in [1.807, 2.05) is 24.3 Å². The second kappa shape index (κ2) is 4.80. The molecule has 1 fully saturated rings. The number of rotatable bonds is 3. The summed E-state index contributed by atoms with van der Waals surface area (Å²) in [5.41, 5.74) is 0. The summed E-state index contributed by atoms with van der Waals surface area (Å²) in [6.07, 6.45) is 4.34. The number of nitrogens with zero attached hydrogens (tertiary/aromatic N) is 1. The van der Waals surface area contributed by atoms with Crippen LogP contribution in [-0.4, -0.2) is 12.0 Å². The second-order valence-electron chi connectivity index (χ2n) is 4.02. The monoisotopic (exact) mass is 233 g/mol. The first kappa shape index (κ1) is 11.3. The first-order valence-corrected chi connectivity index (χ1v) is 6.32. The Balaban J connectivity index is 2.23. The molecule has 0 N–H and O–H groups in total. The Labute approximate surface area is 101 Å². The highest BCUT2D eigenvalue weighted by Crippen LogP contribution is 2.48. The van der Waals surface area contributed by atoms with Crippen LogP contribution >= 0.6 is 11.8 Å². The van der Waals surface area contributed by atoms with E-state index in [9.17, 15) is 0 Å². The van der Waals surface area contributed by atoms with Crippen molar-refractivity contribution in [2.45, 2.75) is 35.4 Å². The van der Waals surface area contributed by atoms with Crippen LogP contribution in [0.1, 0.15) is 25.7 Å². The Morgan fingerprint density at radius 1 is 1.31 bits per heavy atom. The molecule has 84 valence electrons. The van der Waals surface area contributed by atoms with Gasteiger partial charge in [-0.15, -0.1) is 0 Å². The third-order valence-corrected chi connectivity index (χ3v) is 4.39. The van der Waals surface area contributed by atoms with Crippen LogP contribution in [0.2, 0.25) is 0 Å². The zero-order chi connectivity index (χ0) is 11.4. The van der Waals surface area contributed by atoms with Crippen molar-refractivity contribution in [2.24, 2.45) is 0 Å². The van der Waals surface area contributed by atoms with Crippen molar-refractivity contribution in [3.05, 3.63) is 35.7 Å². The van der Waals surface area contributed by atoms with Crippen molar-refractivity contribution in [1.82, 2.24) is 0 Å². The molecule has 1 aromatic rings. The molecule has 0 bridgehead atoms. The fourth-order valence-corrected chi connectivity index (χ4v) is 3.42. The number of hydrogen-bond donors (Lipinski definition) is 0. The van der Waals surface area contributed by atoms with Crippen LogP contribution in [0.4, 0.5) is 0 Å². The van der Waals surface area contributed by atoms with Crippen molar-refractivity contribution >= 4 is 11.8 Å². The molecule has 0 heterocycles. The third kappa shape index (κ3) is 2.17. The number of benzene rings is 1. The number of para-hydroxylation sites is 1. The summed E-state index contributed by atoms with van der Waals surface area (Å²) in [6.45, 7) is 7.39. The maximum atomic E-state index is 7.39. The van der Waals surface area contributed by atoms with Gasteiger partial charge in [0.1, 0.15) is 5.75 Å². The lowest BCUT2D eigenvalue weighted by Crippen LogP contribution is -2.13. The smallest absolute Gasteiger partial charge is 0.282 e. The first-order chi connectivity index (χ1) is 7.79. The molecule has 0 unspecified atom stereocenters. The van der Waals surface area contributed by atoms with Gasteiger partial charge >= 0.3 is 0 Å². The molecule has 1 aliphatic carbocycles. The Bertz CT molecular complexity index is 405. The molecule has 1 aliphatic rings. The van der Waals surface area contributed by atoms with Crippen LogP contribution in [0, 0.1) is 6.57 Å². The minimum Gasteiger partial charge on any atom is -0.496 e. The molecule has 0 radical (unpaired) electrons. The van der Waals surface area contributed by atoms with Crippen LogP contribution in [0.15, 0.2) is 29.2 Å². The lowest BCUT2D eigenvalue weighted by atomic mass is 10.3. The molecule has 1 aromatic carbocycles. The van der Waals surface area contributed by atoms with Gasteiger partial charge in [0.25, 0.3) is 4.87 Å². The number of ether oxygens (including phenoxy) is 1. The van der Waals surface area contributed by atoms with Gasteiger partial charge in [-0.25, -0.2) is 6.57 Å². The van der Waals surface area contributed by atoms with Gasteiger partial charge < -0.3 is 4.74 Å². The molecule has 1 saturated carbocycles. The molecular formula is C13H15NOS. The van der Waals surface area contributed by atoms with Crippen LogP contribution in [0.5, 0.6) is 5.75 Å². The molecule has 2 rings (SSSR count). The van der Waals surface area contributed by atoms with Gasteiger partial charge in [-0.1, -0.05) is 12.1 Å². The summed E-state index contributed by atoms with van der Waals surface area (Å²) in [7, 11) is 1.68. The Morgan fingerprint density at radius 2 is 2.00 bits per heavy atom. The van der Waals surface area contributed by atoms with Crippen LogP contribution in [0.25, 0.3) is 4.85 Å². The number of thioether (sulfide) groups is 1. The maximum Gasteiger partial charge on any atom is 0.282 e. The summed E-state index contributed by atoms with van der Waals surface area (Å²) in [5, 5.41) is 0. The van der Waals surface area contributed by atoms with E-state index >= 15 is 0 Å². The quantitative estimate of drug-likeness (QED) is 0.733. The largest absolute Gasteiger partial charge is 0.496 e. The van der Waals surface area contributed by atoms with E-state index in [4.69, 9.17) is 11.3 Å². The van der Waals surface area contributed by atoms with E-state index in [1.165, 1.54) is 12.8 Å². The van der Waals surface area contributed by atoms with Crippen LogP contribution in [0.3, 0.4) is 0 Å². The summed E-state index contributed by atoms with van der Waals surface area (Å²) >= 11 is 1.67. The van der Waals surface area contributed by atoms with Crippen LogP contribution < -0.4 is 4.74 Å². The zero-order valence-electron chi connectivity index (χ0n) is 9.40. The maximum absolute atomic E-state index is 7.39. The van der Waals surface area contributed by atoms with Crippen LogP contribution in [-0.2, 0) is 0 Å². The van der Waals surface area contributed by atoms with Gasteiger partial charge in [-0.3, -0.25) is 4.85 Å². The van der Waals surface area contributed by atoms with Gasteiger partial charge in [0, 0.05) is 12.8 Å². The van der Waals surface area contributed by atoms with E-state index in [2.05, 4.69) is 4.85 Å². The highest BCUT2D eigenvalue weighted by Gasteiger charge is 2.41. The Hall–Kier alpha value is -1.14. The van der Waals surface area contributed by atoms with E-state index < -0.39 is 0 Å². The topological polar surface area (TPSA) is 13.6 Å². The van der Waals surface area contributed by atoms with E-state index in [1.54, 1.807) is 18.9 Å². The normalized spacial score (nSPS) is 18.0. The van der Waals surface area contributed by atoms with Crippen molar-refractivity contribution in [2.75, 3.05) is 7.11 Å². The summed E-state index contributed by atoms with van der Waals surface area (Å²) in [5.74, 6) is 0.877. The molecule has 0 aliphatic heterocycles. The van der Waals surface area contributed by atoms with Gasteiger partial charge in [-0.05, 0) is 36.7 Å². The highest BCUT2D eigenvalue weighted by atomic mass is 32.2. The molecule has 16 heavy (non-hydrogen) atoms. The Morgan fingerprint density at radius 3 is 2.62 bits per heavy atom. The van der Waals surface area contributed by atoms with Crippen molar-refractivity contribution in [3.63, 3.8) is 0 Å². The number of hydrogen-bond acceptors (Lipinski definition) is 2. The molecule has 0 saturated heterocycles. The van der Waals surface area contributed by atoms with Gasteiger partial charge in [-0.2, -0.15) is 0 Å². The average Bonchev–Trinajstić information content (AvgIpc) is 2.79. The molecular weight excluding hydrogens is 218 g/mol. The summed E-state index contributed by atoms with van der Waals surface area (Å²) in [6, 6.07) is 7.95. The zero-order valence-corrected chi connectivity index (χ0v) is 10.2. The molecule has 0 amide bonds. The average molecular weight is 233 g/mol. The highest BCUT2D eigenvalue weighted by molar-refractivity contribution is 8.01. The molecule has 2 nitrogen and oxygen atoms in total.